The molecule has 1 fully saturated rings. The zero-order valence-electron chi connectivity index (χ0n) is 16.2. The monoisotopic (exact) mass is 378 g/mol. The van der Waals surface area contributed by atoms with Crippen LogP contribution in [-0.2, 0) is 0 Å². The Morgan fingerprint density at radius 3 is 2.79 bits per heavy atom. The van der Waals surface area contributed by atoms with Gasteiger partial charge in [-0.3, -0.25) is 9.78 Å². The van der Waals surface area contributed by atoms with Crippen LogP contribution in [0.4, 0.5) is 11.5 Å². The molecule has 0 bridgehead atoms. The fourth-order valence-electron chi connectivity index (χ4n) is 3.79. The number of hydrogen-bond acceptors (Lipinski definition) is 5. The lowest BCUT2D eigenvalue weighted by molar-refractivity contribution is 0.0947. The van der Waals surface area contributed by atoms with Gasteiger partial charge < -0.3 is 10.2 Å². The van der Waals surface area contributed by atoms with Crippen LogP contribution >= 0.6 is 0 Å². The van der Waals surface area contributed by atoms with Crippen LogP contribution < -0.4 is 10.2 Å². The maximum Gasteiger partial charge on any atom is 0.256 e. The molecular weight excluding hydrogens is 352 g/mol. The molecule has 1 amide bonds. The minimum Gasteiger partial charge on any atom is -0.352 e. The predicted molar refractivity (Wildman–Crippen MR) is 109 cm³/mol. The number of nitrogens with one attached hydrogen (secondary N) is 1. The van der Waals surface area contributed by atoms with Crippen LogP contribution in [0.1, 0.15) is 48.9 Å². The molecule has 1 aliphatic rings. The Morgan fingerprint density at radius 2 is 2.04 bits per heavy atom. The van der Waals surface area contributed by atoms with Crippen molar-refractivity contribution in [2.45, 2.75) is 38.5 Å². The van der Waals surface area contributed by atoms with E-state index in [9.17, 15) is 4.79 Å². The molecule has 1 saturated carbocycles. The maximum absolute atomic E-state index is 12.8. The van der Waals surface area contributed by atoms with E-state index < -0.39 is 0 Å². The molecule has 0 aromatic carbocycles. The Morgan fingerprint density at radius 1 is 1.21 bits per heavy atom. The zero-order valence-corrected chi connectivity index (χ0v) is 16.2. The van der Waals surface area contributed by atoms with E-state index in [0.29, 0.717) is 17.1 Å². The van der Waals surface area contributed by atoms with E-state index in [-0.39, 0.29) is 5.91 Å². The van der Waals surface area contributed by atoms with E-state index in [0.717, 1.165) is 18.1 Å². The first-order valence-electron chi connectivity index (χ1n) is 9.99. The van der Waals surface area contributed by atoms with Crippen molar-refractivity contribution in [2.75, 3.05) is 18.5 Å². The van der Waals surface area contributed by atoms with Crippen LogP contribution in [0.25, 0.3) is 5.65 Å². The Kier molecular flexibility index (Phi) is 5.50. The standard InChI is InChI=1S/C21H26N6O/c1-26(17-9-6-11-22-14-17)19-10-12-27-20(25-19)18(15-24-27)21(28)23-13-16-7-4-2-3-5-8-16/h6,9-12,14-16H,2-5,7-8,13H2,1H3,(H,23,28). The second-order valence-electron chi connectivity index (χ2n) is 7.45. The summed E-state index contributed by atoms with van der Waals surface area (Å²) < 4.78 is 1.64. The van der Waals surface area contributed by atoms with Crippen LogP contribution in [0.15, 0.2) is 43.0 Å². The first-order chi connectivity index (χ1) is 13.7. The fourth-order valence-corrected chi connectivity index (χ4v) is 3.79. The number of fused-ring (bicyclic) bond motifs is 1. The Bertz CT molecular complexity index is 930. The van der Waals surface area contributed by atoms with Crippen LogP contribution in [0, 0.1) is 5.92 Å². The number of carbonyl (C=O) groups is 1. The Balaban J connectivity index is 1.51. The fraction of sp³-hybridized carbons (Fsp3) is 0.429. The highest BCUT2D eigenvalue weighted by Gasteiger charge is 2.18. The summed E-state index contributed by atoms with van der Waals surface area (Å²) in [6.45, 7) is 0.728. The molecule has 146 valence electrons. The van der Waals surface area contributed by atoms with E-state index in [2.05, 4.69) is 20.4 Å². The van der Waals surface area contributed by atoms with Crippen molar-refractivity contribution in [1.29, 1.82) is 0 Å². The molecule has 3 aromatic rings. The number of anilines is 2. The molecular formula is C21H26N6O. The lowest BCUT2D eigenvalue weighted by Crippen LogP contribution is -2.29. The number of carbonyl (C=O) groups excluding carboxylic acids is 1. The summed E-state index contributed by atoms with van der Waals surface area (Å²) in [5.41, 5.74) is 2.00. The number of pyridine rings is 1. The average molecular weight is 378 g/mol. The Labute approximate surface area is 164 Å². The van der Waals surface area contributed by atoms with Crippen LogP contribution in [0.5, 0.6) is 0 Å². The highest BCUT2D eigenvalue weighted by Crippen LogP contribution is 2.23. The van der Waals surface area contributed by atoms with Gasteiger partial charge in [-0.2, -0.15) is 5.10 Å². The molecule has 0 spiro atoms. The van der Waals surface area contributed by atoms with E-state index in [1.54, 1.807) is 23.1 Å². The van der Waals surface area contributed by atoms with E-state index >= 15 is 0 Å². The van der Waals surface area contributed by atoms with Gasteiger partial charge in [0, 0.05) is 26.0 Å². The van der Waals surface area contributed by atoms with Gasteiger partial charge in [0.15, 0.2) is 5.65 Å². The first-order valence-corrected chi connectivity index (χ1v) is 9.99. The largest absolute Gasteiger partial charge is 0.352 e. The minimum atomic E-state index is -0.104. The molecule has 3 aromatic heterocycles. The van der Waals surface area contributed by atoms with Crippen molar-refractivity contribution in [1.82, 2.24) is 24.9 Å². The van der Waals surface area contributed by atoms with Gasteiger partial charge in [0.05, 0.1) is 18.1 Å². The van der Waals surface area contributed by atoms with Gasteiger partial charge in [-0.1, -0.05) is 25.7 Å². The first kappa shape index (κ1) is 18.4. The molecule has 7 heteroatoms. The highest BCUT2D eigenvalue weighted by atomic mass is 16.1. The summed E-state index contributed by atoms with van der Waals surface area (Å²) in [7, 11) is 1.93. The SMILES string of the molecule is CN(c1cccnc1)c1ccn2ncc(C(=O)NCC3CCCCCC3)c2n1. The van der Waals surface area contributed by atoms with Gasteiger partial charge in [-0.05, 0) is 37.0 Å². The van der Waals surface area contributed by atoms with E-state index in [1.165, 1.54) is 38.5 Å². The van der Waals surface area contributed by atoms with Gasteiger partial charge >= 0.3 is 0 Å². The molecule has 4 rings (SSSR count). The Hall–Kier alpha value is -2.96. The number of aromatic nitrogens is 4. The molecule has 0 unspecified atom stereocenters. The van der Waals surface area contributed by atoms with Gasteiger partial charge in [0.1, 0.15) is 11.4 Å². The van der Waals surface area contributed by atoms with Crippen molar-refractivity contribution in [3.63, 3.8) is 0 Å². The van der Waals surface area contributed by atoms with Crippen molar-refractivity contribution >= 4 is 23.1 Å². The van der Waals surface area contributed by atoms with Gasteiger partial charge in [0.25, 0.3) is 5.91 Å². The molecule has 3 heterocycles. The smallest absolute Gasteiger partial charge is 0.256 e. The van der Waals surface area contributed by atoms with Crippen LogP contribution in [-0.4, -0.2) is 39.1 Å². The minimum absolute atomic E-state index is 0.104. The molecule has 1 aliphatic carbocycles. The third-order valence-corrected chi connectivity index (χ3v) is 5.50. The summed E-state index contributed by atoms with van der Waals surface area (Å²) in [6, 6.07) is 5.73. The van der Waals surface area contributed by atoms with Crippen LogP contribution in [0.2, 0.25) is 0 Å². The van der Waals surface area contributed by atoms with Crippen molar-refractivity contribution in [2.24, 2.45) is 5.92 Å². The third kappa shape index (κ3) is 3.98. The summed E-state index contributed by atoms with van der Waals surface area (Å²) in [5.74, 6) is 1.21. The summed E-state index contributed by atoms with van der Waals surface area (Å²) in [6.07, 6.45) is 14.5. The molecule has 7 nitrogen and oxygen atoms in total. The van der Waals surface area contributed by atoms with Crippen molar-refractivity contribution in [3.05, 3.63) is 48.5 Å². The lowest BCUT2D eigenvalue weighted by Gasteiger charge is -2.18. The summed E-state index contributed by atoms with van der Waals surface area (Å²) in [5, 5.41) is 7.38. The highest BCUT2D eigenvalue weighted by molar-refractivity contribution is 5.99. The quantitative estimate of drug-likeness (QED) is 0.687. The lowest BCUT2D eigenvalue weighted by atomic mass is 10.0. The number of amides is 1. The molecule has 0 atom stereocenters. The topological polar surface area (TPSA) is 75.4 Å². The van der Waals surface area contributed by atoms with Crippen molar-refractivity contribution in [3.8, 4) is 0 Å². The molecule has 28 heavy (non-hydrogen) atoms. The maximum atomic E-state index is 12.8. The second kappa shape index (κ2) is 8.37. The molecule has 0 radical (unpaired) electrons. The zero-order chi connectivity index (χ0) is 19.3. The second-order valence-corrected chi connectivity index (χ2v) is 7.45. The number of nitrogens with zero attached hydrogens (tertiary/aromatic N) is 5. The average Bonchev–Trinajstić information content (AvgIpc) is 2.98. The molecule has 0 aliphatic heterocycles. The van der Waals surface area contributed by atoms with Gasteiger partial charge in [-0.25, -0.2) is 9.50 Å². The van der Waals surface area contributed by atoms with Gasteiger partial charge in [-0.15, -0.1) is 0 Å². The van der Waals surface area contributed by atoms with E-state index in [1.807, 2.05) is 36.3 Å². The summed E-state index contributed by atoms with van der Waals surface area (Å²) >= 11 is 0. The predicted octanol–water partition coefficient (Wildman–Crippen LogP) is 3.59. The van der Waals surface area contributed by atoms with Crippen LogP contribution in [0.3, 0.4) is 0 Å². The number of hydrogen-bond donors (Lipinski definition) is 1. The van der Waals surface area contributed by atoms with Gasteiger partial charge in [0.2, 0.25) is 0 Å². The third-order valence-electron chi connectivity index (χ3n) is 5.50. The van der Waals surface area contributed by atoms with Crippen molar-refractivity contribution < 1.29 is 4.79 Å². The molecule has 1 N–H and O–H groups in total. The number of rotatable bonds is 5. The molecule has 0 saturated heterocycles. The van der Waals surface area contributed by atoms with E-state index in [4.69, 9.17) is 0 Å². The normalized spacial score (nSPS) is 15.3. The summed E-state index contributed by atoms with van der Waals surface area (Å²) in [4.78, 5) is 23.5.